The lowest BCUT2D eigenvalue weighted by atomic mass is 10.1. The maximum absolute atomic E-state index is 11.9. The lowest BCUT2D eigenvalue weighted by molar-refractivity contribution is -0.160. The van der Waals surface area contributed by atoms with Crippen LogP contribution >= 0.6 is 0 Å². The molecule has 102 valence electrons. The van der Waals surface area contributed by atoms with Crippen molar-refractivity contribution in [2.75, 3.05) is 39.3 Å². The molecule has 1 atom stereocenters. The molecule has 2 amide bonds. The number of carbonyl (C=O) groups is 2. The Kier molecular flexibility index (Phi) is 4.19. The van der Waals surface area contributed by atoms with Crippen LogP contribution in [0.4, 0.5) is 0 Å². The second kappa shape index (κ2) is 5.67. The van der Waals surface area contributed by atoms with Crippen LogP contribution in [-0.4, -0.2) is 73.1 Å². The van der Waals surface area contributed by atoms with Crippen LogP contribution in [0.25, 0.3) is 0 Å². The van der Waals surface area contributed by atoms with Gasteiger partial charge in [0.05, 0.1) is 18.8 Å². The van der Waals surface area contributed by atoms with E-state index in [0.29, 0.717) is 26.2 Å². The molecule has 6 nitrogen and oxygen atoms in total. The first kappa shape index (κ1) is 13.3. The van der Waals surface area contributed by atoms with Gasteiger partial charge < -0.3 is 19.9 Å². The van der Waals surface area contributed by atoms with Gasteiger partial charge in [-0.1, -0.05) is 0 Å². The fourth-order valence-corrected chi connectivity index (χ4v) is 2.38. The predicted octanol–water partition coefficient (Wildman–Crippen LogP) is -0.946. The van der Waals surface area contributed by atoms with Crippen LogP contribution in [0.2, 0.25) is 0 Å². The Morgan fingerprint density at radius 1 is 1.39 bits per heavy atom. The summed E-state index contributed by atoms with van der Waals surface area (Å²) in [5.74, 6) is -0.752. The molecule has 0 aliphatic carbocycles. The fraction of sp³-hybridized carbons (Fsp3) is 0.833. The van der Waals surface area contributed by atoms with Crippen LogP contribution in [0.5, 0.6) is 0 Å². The molecule has 1 N–H and O–H groups in total. The van der Waals surface area contributed by atoms with E-state index < -0.39 is 0 Å². The Morgan fingerprint density at radius 2 is 2.17 bits per heavy atom. The molecule has 0 radical (unpaired) electrons. The van der Waals surface area contributed by atoms with Crippen molar-refractivity contribution in [3.8, 4) is 0 Å². The number of hydrogen-bond donors (Lipinski definition) is 1. The monoisotopic (exact) mass is 255 g/mol. The van der Waals surface area contributed by atoms with Crippen molar-refractivity contribution >= 4 is 11.8 Å². The summed E-state index contributed by atoms with van der Waals surface area (Å²) in [5.41, 5.74) is 0. The smallest absolute Gasteiger partial charge is 0.312 e. The molecule has 2 aliphatic heterocycles. The summed E-state index contributed by atoms with van der Waals surface area (Å²) in [5, 5.41) is 3.25. The molecular formula is C12H21N3O3. The van der Waals surface area contributed by atoms with Crippen molar-refractivity contribution in [1.29, 1.82) is 0 Å². The molecular weight excluding hydrogens is 234 g/mol. The quantitative estimate of drug-likeness (QED) is 0.658. The topological polar surface area (TPSA) is 61.9 Å². The van der Waals surface area contributed by atoms with Crippen molar-refractivity contribution < 1.29 is 14.3 Å². The number of hydrogen-bond acceptors (Lipinski definition) is 4. The van der Waals surface area contributed by atoms with E-state index in [4.69, 9.17) is 4.74 Å². The number of nitrogens with zero attached hydrogens (tertiary/aromatic N) is 2. The van der Waals surface area contributed by atoms with Crippen LogP contribution in [-0.2, 0) is 14.3 Å². The normalized spacial score (nSPS) is 24.7. The van der Waals surface area contributed by atoms with Crippen LogP contribution < -0.4 is 5.32 Å². The van der Waals surface area contributed by atoms with Gasteiger partial charge in [-0.3, -0.25) is 9.59 Å². The van der Waals surface area contributed by atoms with Gasteiger partial charge >= 0.3 is 11.8 Å². The highest BCUT2D eigenvalue weighted by Crippen LogP contribution is 2.13. The van der Waals surface area contributed by atoms with Crippen molar-refractivity contribution in [1.82, 2.24) is 15.1 Å². The summed E-state index contributed by atoms with van der Waals surface area (Å²) in [4.78, 5) is 27.2. The van der Waals surface area contributed by atoms with Crippen LogP contribution in [0.1, 0.15) is 13.8 Å². The lowest BCUT2D eigenvalue weighted by Gasteiger charge is -2.43. The zero-order valence-corrected chi connectivity index (χ0v) is 11.0. The number of carbonyl (C=O) groups excluding carboxylic acids is 2. The zero-order chi connectivity index (χ0) is 13.1. The molecule has 0 saturated carbocycles. The predicted molar refractivity (Wildman–Crippen MR) is 66.0 cm³/mol. The molecule has 2 fully saturated rings. The number of fused-ring (bicyclic) bond motifs is 1. The highest BCUT2D eigenvalue weighted by Gasteiger charge is 2.39. The van der Waals surface area contributed by atoms with Gasteiger partial charge in [-0.25, -0.2) is 0 Å². The summed E-state index contributed by atoms with van der Waals surface area (Å²) in [6, 6.07) is 0.114. The largest absolute Gasteiger partial charge is 0.377 e. The molecule has 2 heterocycles. The van der Waals surface area contributed by atoms with Gasteiger partial charge in [0.25, 0.3) is 0 Å². The fourth-order valence-electron chi connectivity index (χ4n) is 2.38. The molecule has 0 spiro atoms. The minimum absolute atomic E-state index is 0.114. The Bertz CT molecular complexity index is 333. The van der Waals surface area contributed by atoms with Crippen LogP contribution in [0.3, 0.4) is 0 Å². The summed E-state index contributed by atoms with van der Waals surface area (Å²) >= 11 is 0. The number of rotatable bonds is 4. The van der Waals surface area contributed by atoms with Crippen LogP contribution in [0, 0.1) is 0 Å². The summed E-state index contributed by atoms with van der Waals surface area (Å²) in [7, 11) is 0. The second-order valence-electron chi connectivity index (χ2n) is 5.03. The molecule has 0 aromatic carbocycles. The molecule has 2 rings (SSSR count). The minimum atomic E-state index is -0.388. The van der Waals surface area contributed by atoms with Crippen molar-refractivity contribution in [2.24, 2.45) is 0 Å². The lowest BCUT2D eigenvalue weighted by Crippen LogP contribution is -2.65. The molecule has 18 heavy (non-hydrogen) atoms. The van der Waals surface area contributed by atoms with Gasteiger partial charge in [-0.05, 0) is 13.8 Å². The van der Waals surface area contributed by atoms with Crippen molar-refractivity contribution in [3.63, 3.8) is 0 Å². The number of ether oxygens (including phenoxy) is 1. The van der Waals surface area contributed by atoms with E-state index in [1.54, 1.807) is 9.80 Å². The third-order valence-corrected chi connectivity index (χ3v) is 3.32. The van der Waals surface area contributed by atoms with E-state index in [1.807, 2.05) is 13.8 Å². The van der Waals surface area contributed by atoms with Gasteiger partial charge in [-0.2, -0.15) is 0 Å². The van der Waals surface area contributed by atoms with Gasteiger partial charge in [0.15, 0.2) is 0 Å². The molecule has 0 aromatic rings. The SMILES string of the molecule is CC(C)OCCN1CC2CNCCN2C(=O)C1=O. The first-order valence-corrected chi connectivity index (χ1v) is 6.52. The van der Waals surface area contributed by atoms with Gasteiger partial charge in [0.2, 0.25) is 0 Å². The van der Waals surface area contributed by atoms with E-state index >= 15 is 0 Å². The molecule has 6 heteroatoms. The van der Waals surface area contributed by atoms with E-state index in [2.05, 4.69) is 5.32 Å². The number of piperazine rings is 2. The van der Waals surface area contributed by atoms with Crippen molar-refractivity contribution in [3.05, 3.63) is 0 Å². The van der Waals surface area contributed by atoms with E-state index in [0.717, 1.165) is 13.1 Å². The van der Waals surface area contributed by atoms with Gasteiger partial charge in [0.1, 0.15) is 0 Å². The summed E-state index contributed by atoms with van der Waals surface area (Å²) in [6.45, 7) is 7.66. The highest BCUT2D eigenvalue weighted by molar-refractivity contribution is 6.35. The standard InChI is InChI=1S/C12H21N3O3/c1-9(2)18-6-5-14-8-10-7-13-3-4-15(10)12(17)11(14)16/h9-10,13H,3-8H2,1-2H3. The maximum Gasteiger partial charge on any atom is 0.312 e. The van der Waals surface area contributed by atoms with Gasteiger partial charge in [0, 0.05) is 32.7 Å². The summed E-state index contributed by atoms with van der Waals surface area (Å²) < 4.78 is 5.43. The minimum Gasteiger partial charge on any atom is -0.377 e. The number of amides is 2. The third kappa shape index (κ3) is 2.81. The highest BCUT2D eigenvalue weighted by atomic mass is 16.5. The van der Waals surface area contributed by atoms with E-state index in [-0.39, 0.29) is 24.0 Å². The summed E-state index contributed by atoms with van der Waals surface area (Å²) in [6.07, 6.45) is 0.147. The van der Waals surface area contributed by atoms with Gasteiger partial charge in [-0.15, -0.1) is 0 Å². The van der Waals surface area contributed by atoms with E-state index in [9.17, 15) is 9.59 Å². The average Bonchev–Trinajstić information content (AvgIpc) is 2.35. The third-order valence-electron chi connectivity index (χ3n) is 3.32. The Labute approximate surface area is 107 Å². The Balaban J connectivity index is 1.91. The molecule has 0 aromatic heterocycles. The molecule has 1 unspecified atom stereocenters. The molecule has 2 saturated heterocycles. The Hall–Kier alpha value is -1.14. The number of nitrogens with one attached hydrogen (secondary N) is 1. The molecule has 0 bridgehead atoms. The van der Waals surface area contributed by atoms with Crippen molar-refractivity contribution in [2.45, 2.75) is 26.0 Å². The first-order chi connectivity index (χ1) is 8.59. The molecule has 2 aliphatic rings. The first-order valence-electron chi connectivity index (χ1n) is 6.52. The van der Waals surface area contributed by atoms with Crippen LogP contribution in [0.15, 0.2) is 0 Å². The maximum atomic E-state index is 11.9. The Morgan fingerprint density at radius 3 is 2.89 bits per heavy atom. The average molecular weight is 255 g/mol. The second-order valence-corrected chi connectivity index (χ2v) is 5.03. The van der Waals surface area contributed by atoms with E-state index in [1.165, 1.54) is 0 Å². The zero-order valence-electron chi connectivity index (χ0n) is 11.0.